The highest BCUT2D eigenvalue weighted by molar-refractivity contribution is 6.08. The van der Waals surface area contributed by atoms with E-state index >= 15 is 0 Å². The summed E-state index contributed by atoms with van der Waals surface area (Å²) < 4.78 is 15.5. The molecule has 0 atom stereocenters. The maximum absolute atomic E-state index is 12.3. The van der Waals surface area contributed by atoms with Gasteiger partial charge in [0.1, 0.15) is 0 Å². The van der Waals surface area contributed by atoms with Gasteiger partial charge < -0.3 is 25.3 Å². The lowest BCUT2D eigenvalue weighted by atomic mass is 9.84. The van der Waals surface area contributed by atoms with Crippen molar-refractivity contribution in [3.63, 3.8) is 0 Å². The van der Waals surface area contributed by atoms with Crippen molar-refractivity contribution in [1.29, 1.82) is 0 Å². The van der Waals surface area contributed by atoms with E-state index in [4.69, 9.17) is 19.9 Å². The zero-order chi connectivity index (χ0) is 26.7. The molecular formula is C27H27N5O5. The lowest BCUT2D eigenvalue weighted by molar-refractivity contribution is -0.146. The summed E-state index contributed by atoms with van der Waals surface area (Å²) in [7, 11) is 4.35. The third kappa shape index (κ3) is 4.86. The van der Waals surface area contributed by atoms with Gasteiger partial charge in [0, 0.05) is 23.5 Å². The standard InChI is InChI=1S/C27H27N5O5/c1-27(2,25(34)36-4)16-7-6-8-17(12-16)31-22-18-10-9-15(11-21(18)29-14-20(22)23(28)33)19-13-30-26(37-5)32-24(19)35-3/h6-14H,1-5H3,(H2,28,33)(H,29,31). The van der Waals surface area contributed by atoms with Crippen LogP contribution in [0, 0.1) is 0 Å². The predicted octanol–water partition coefficient (Wildman–Crippen LogP) is 4.00. The first-order valence-corrected chi connectivity index (χ1v) is 11.3. The first-order chi connectivity index (χ1) is 17.7. The minimum absolute atomic E-state index is 0.190. The molecule has 4 rings (SSSR count). The van der Waals surface area contributed by atoms with Gasteiger partial charge in [-0.2, -0.15) is 4.98 Å². The molecule has 2 aromatic heterocycles. The van der Waals surface area contributed by atoms with Gasteiger partial charge in [0.05, 0.1) is 49.1 Å². The molecule has 0 aliphatic carbocycles. The van der Waals surface area contributed by atoms with Crippen LogP contribution in [0.2, 0.25) is 0 Å². The van der Waals surface area contributed by atoms with Crippen LogP contribution in [0.5, 0.6) is 11.9 Å². The number of hydrogen-bond acceptors (Lipinski definition) is 9. The quantitative estimate of drug-likeness (QED) is 0.343. The van der Waals surface area contributed by atoms with Gasteiger partial charge >= 0.3 is 12.0 Å². The molecule has 2 aromatic carbocycles. The molecule has 2 heterocycles. The Hall–Kier alpha value is -4.73. The Bertz CT molecular complexity index is 1500. The molecule has 0 fully saturated rings. The number of benzene rings is 2. The van der Waals surface area contributed by atoms with Crippen LogP contribution in [0.25, 0.3) is 22.0 Å². The zero-order valence-corrected chi connectivity index (χ0v) is 21.2. The first-order valence-electron chi connectivity index (χ1n) is 11.3. The molecule has 0 saturated heterocycles. The van der Waals surface area contributed by atoms with Gasteiger partial charge in [0.25, 0.3) is 5.91 Å². The SMILES string of the molecule is COC(=O)C(C)(C)c1cccc(Nc2c(C(N)=O)cnc3cc(-c4cnc(OC)nc4OC)ccc23)c1. The topological polar surface area (TPSA) is 139 Å². The Labute approximate surface area is 213 Å². The number of carbonyl (C=O) groups excluding carboxylic acids is 2. The van der Waals surface area contributed by atoms with Crippen molar-refractivity contribution >= 4 is 34.2 Å². The summed E-state index contributed by atoms with van der Waals surface area (Å²) in [6.45, 7) is 3.57. The number of pyridine rings is 1. The third-order valence-corrected chi connectivity index (χ3v) is 6.10. The lowest BCUT2D eigenvalue weighted by Gasteiger charge is -2.23. The normalized spacial score (nSPS) is 11.2. The molecule has 0 aliphatic heterocycles. The summed E-state index contributed by atoms with van der Waals surface area (Å²) in [5.74, 6) is -0.636. The predicted molar refractivity (Wildman–Crippen MR) is 139 cm³/mol. The monoisotopic (exact) mass is 501 g/mol. The van der Waals surface area contributed by atoms with Crippen LogP contribution < -0.4 is 20.5 Å². The minimum atomic E-state index is -0.867. The smallest absolute Gasteiger partial charge is 0.319 e. The Kier molecular flexibility index (Phi) is 6.92. The highest BCUT2D eigenvalue weighted by Gasteiger charge is 2.31. The van der Waals surface area contributed by atoms with Crippen molar-refractivity contribution in [3.8, 4) is 23.0 Å². The van der Waals surface area contributed by atoms with E-state index in [1.807, 2.05) is 42.5 Å². The summed E-state index contributed by atoms with van der Waals surface area (Å²) in [6, 6.07) is 13.1. The summed E-state index contributed by atoms with van der Waals surface area (Å²) >= 11 is 0. The van der Waals surface area contributed by atoms with Crippen LogP contribution in [-0.4, -0.2) is 48.2 Å². The second-order valence-electron chi connectivity index (χ2n) is 8.75. The van der Waals surface area contributed by atoms with Crippen molar-refractivity contribution in [2.75, 3.05) is 26.6 Å². The third-order valence-electron chi connectivity index (χ3n) is 6.10. The van der Waals surface area contributed by atoms with E-state index in [9.17, 15) is 9.59 Å². The van der Waals surface area contributed by atoms with Crippen LogP contribution in [0.4, 0.5) is 11.4 Å². The van der Waals surface area contributed by atoms with Crippen molar-refractivity contribution in [1.82, 2.24) is 15.0 Å². The van der Waals surface area contributed by atoms with E-state index in [0.717, 1.165) is 11.1 Å². The molecule has 10 nitrogen and oxygen atoms in total. The number of esters is 1. The maximum atomic E-state index is 12.3. The van der Waals surface area contributed by atoms with Crippen LogP contribution >= 0.6 is 0 Å². The molecule has 0 radical (unpaired) electrons. The van der Waals surface area contributed by atoms with Gasteiger partial charge in [0.2, 0.25) is 5.88 Å². The van der Waals surface area contributed by atoms with Crippen LogP contribution in [0.1, 0.15) is 29.8 Å². The Morgan fingerprint density at radius 1 is 0.973 bits per heavy atom. The van der Waals surface area contributed by atoms with E-state index in [1.165, 1.54) is 27.5 Å². The number of nitrogens with zero attached hydrogens (tertiary/aromatic N) is 3. The molecule has 0 bridgehead atoms. The number of anilines is 2. The van der Waals surface area contributed by atoms with Crippen molar-refractivity contribution < 1.29 is 23.8 Å². The van der Waals surface area contributed by atoms with Gasteiger partial charge in [-0.3, -0.25) is 14.6 Å². The average Bonchev–Trinajstić information content (AvgIpc) is 2.91. The number of methoxy groups -OCH3 is 3. The highest BCUT2D eigenvalue weighted by atomic mass is 16.5. The fourth-order valence-corrected chi connectivity index (χ4v) is 3.99. The number of primary amides is 1. The fourth-order valence-electron chi connectivity index (χ4n) is 3.99. The number of ether oxygens (including phenoxy) is 3. The molecule has 1 amide bonds. The average molecular weight is 502 g/mol. The summed E-state index contributed by atoms with van der Waals surface area (Å²) in [6.07, 6.45) is 3.04. The largest absolute Gasteiger partial charge is 0.480 e. The van der Waals surface area contributed by atoms with Crippen LogP contribution in [0.15, 0.2) is 54.9 Å². The number of fused-ring (bicyclic) bond motifs is 1. The first kappa shape index (κ1) is 25.4. The molecule has 190 valence electrons. The highest BCUT2D eigenvalue weighted by Crippen LogP contribution is 2.35. The molecule has 10 heteroatoms. The molecule has 4 aromatic rings. The molecule has 0 unspecified atom stereocenters. The number of rotatable bonds is 8. The lowest BCUT2D eigenvalue weighted by Crippen LogP contribution is -2.30. The summed E-state index contributed by atoms with van der Waals surface area (Å²) in [5, 5.41) is 3.98. The van der Waals surface area contributed by atoms with E-state index in [1.54, 1.807) is 20.0 Å². The fraction of sp³-hybridized carbons (Fsp3) is 0.222. The molecule has 3 N–H and O–H groups in total. The second kappa shape index (κ2) is 10.1. The van der Waals surface area contributed by atoms with Gasteiger partial charge in [-0.15, -0.1) is 0 Å². The van der Waals surface area contributed by atoms with Gasteiger partial charge in [0.15, 0.2) is 0 Å². The van der Waals surface area contributed by atoms with Crippen LogP contribution in [0.3, 0.4) is 0 Å². The van der Waals surface area contributed by atoms with Gasteiger partial charge in [-0.1, -0.05) is 24.3 Å². The van der Waals surface area contributed by atoms with E-state index in [2.05, 4.69) is 20.3 Å². The summed E-state index contributed by atoms with van der Waals surface area (Å²) in [5.41, 5.74) is 8.96. The number of nitrogens with one attached hydrogen (secondary N) is 1. The van der Waals surface area contributed by atoms with Crippen molar-refractivity contribution in [2.45, 2.75) is 19.3 Å². The minimum Gasteiger partial charge on any atom is -0.480 e. The number of amides is 1. The zero-order valence-electron chi connectivity index (χ0n) is 21.2. The Morgan fingerprint density at radius 2 is 1.76 bits per heavy atom. The van der Waals surface area contributed by atoms with Gasteiger partial charge in [-0.25, -0.2) is 4.98 Å². The van der Waals surface area contributed by atoms with Crippen molar-refractivity contribution in [3.05, 3.63) is 66.0 Å². The number of hydrogen-bond donors (Lipinski definition) is 2. The molecule has 0 spiro atoms. The summed E-state index contributed by atoms with van der Waals surface area (Å²) in [4.78, 5) is 37.5. The van der Waals surface area contributed by atoms with Crippen molar-refractivity contribution in [2.24, 2.45) is 5.73 Å². The Balaban J connectivity index is 1.80. The number of nitrogens with two attached hydrogens (primary N) is 1. The molecule has 37 heavy (non-hydrogen) atoms. The van der Waals surface area contributed by atoms with Crippen LogP contribution in [-0.2, 0) is 14.9 Å². The molecule has 0 saturated carbocycles. The number of carbonyl (C=O) groups is 2. The Morgan fingerprint density at radius 3 is 2.43 bits per heavy atom. The number of aromatic nitrogens is 3. The second-order valence-corrected chi connectivity index (χ2v) is 8.75. The van der Waals surface area contributed by atoms with E-state index in [-0.39, 0.29) is 17.5 Å². The van der Waals surface area contributed by atoms with E-state index < -0.39 is 11.3 Å². The maximum Gasteiger partial charge on any atom is 0.319 e. The molecule has 0 aliphatic rings. The van der Waals surface area contributed by atoms with E-state index in [0.29, 0.717) is 33.7 Å². The molecular weight excluding hydrogens is 474 g/mol. The van der Waals surface area contributed by atoms with Gasteiger partial charge in [-0.05, 0) is 43.2 Å².